The molecule has 0 aliphatic carbocycles. The number of likely N-dealkylation sites (tertiary alicyclic amines) is 1. The van der Waals surface area contributed by atoms with Gasteiger partial charge in [-0.25, -0.2) is 4.39 Å². The van der Waals surface area contributed by atoms with Gasteiger partial charge in [-0.15, -0.1) is 0 Å². The maximum absolute atomic E-state index is 12.7. The van der Waals surface area contributed by atoms with Crippen molar-refractivity contribution in [3.8, 4) is 0 Å². The summed E-state index contributed by atoms with van der Waals surface area (Å²) in [5, 5.41) is 3.54. The normalized spacial score (nSPS) is 20.6. The summed E-state index contributed by atoms with van der Waals surface area (Å²) in [4.78, 5) is 2.53. The van der Waals surface area contributed by atoms with E-state index in [1.54, 1.807) is 6.08 Å². The molecule has 0 aromatic rings. The van der Waals surface area contributed by atoms with Gasteiger partial charge in [0, 0.05) is 19.1 Å². The average molecular weight is 268 g/mol. The Morgan fingerprint density at radius 1 is 1.26 bits per heavy atom. The number of rotatable bonds is 7. The van der Waals surface area contributed by atoms with Crippen LogP contribution in [0.4, 0.5) is 4.39 Å². The third-order valence-electron chi connectivity index (χ3n) is 3.82. The van der Waals surface area contributed by atoms with Gasteiger partial charge >= 0.3 is 0 Å². The van der Waals surface area contributed by atoms with Crippen molar-refractivity contribution in [2.45, 2.75) is 52.5 Å². The summed E-state index contributed by atoms with van der Waals surface area (Å²) in [5.74, 6) is -0.133. The number of hydrogen-bond acceptors (Lipinski definition) is 2. The van der Waals surface area contributed by atoms with Gasteiger partial charge in [-0.1, -0.05) is 25.0 Å². The number of allylic oxidation sites excluding steroid dienone is 3. The van der Waals surface area contributed by atoms with Crippen molar-refractivity contribution in [2.24, 2.45) is 0 Å². The monoisotopic (exact) mass is 268 g/mol. The Hall–Kier alpha value is -0.670. The Bertz CT molecular complexity index is 300. The maximum atomic E-state index is 12.7. The first-order valence-electron chi connectivity index (χ1n) is 7.62. The van der Waals surface area contributed by atoms with E-state index >= 15 is 0 Å². The zero-order valence-corrected chi connectivity index (χ0v) is 12.7. The lowest BCUT2D eigenvalue weighted by Crippen LogP contribution is -2.38. The Labute approximate surface area is 117 Å². The van der Waals surface area contributed by atoms with Crippen LogP contribution >= 0.6 is 0 Å². The predicted octanol–water partition coefficient (Wildman–Crippen LogP) is 3.66. The van der Waals surface area contributed by atoms with Crippen LogP contribution in [0.5, 0.6) is 0 Å². The summed E-state index contributed by atoms with van der Waals surface area (Å²) < 4.78 is 12.7. The molecule has 1 fully saturated rings. The molecule has 0 radical (unpaired) electrons. The number of nitrogens with zero attached hydrogens (tertiary/aromatic N) is 1. The fourth-order valence-electron chi connectivity index (χ4n) is 2.54. The Morgan fingerprint density at radius 3 is 2.53 bits per heavy atom. The number of hydrogen-bond donors (Lipinski definition) is 1. The molecule has 1 aliphatic heterocycles. The highest BCUT2D eigenvalue weighted by atomic mass is 19.1. The van der Waals surface area contributed by atoms with E-state index in [-0.39, 0.29) is 5.83 Å². The van der Waals surface area contributed by atoms with Crippen LogP contribution in [0.2, 0.25) is 0 Å². The topological polar surface area (TPSA) is 15.3 Å². The quantitative estimate of drug-likeness (QED) is 0.709. The Balaban J connectivity index is 2.30. The van der Waals surface area contributed by atoms with E-state index in [1.165, 1.54) is 44.8 Å². The fourth-order valence-corrected chi connectivity index (χ4v) is 2.54. The van der Waals surface area contributed by atoms with Crippen LogP contribution in [0.1, 0.15) is 46.5 Å². The van der Waals surface area contributed by atoms with Crippen LogP contribution in [0.15, 0.2) is 23.6 Å². The van der Waals surface area contributed by atoms with Gasteiger partial charge in [0.1, 0.15) is 0 Å². The van der Waals surface area contributed by atoms with Gasteiger partial charge in [-0.2, -0.15) is 0 Å². The number of piperidine rings is 1. The standard InChI is InChI=1S/C16H29FN2/c1-4-16(9-8-14(2)17)15(3)18-10-13-19-11-6-5-7-12-19/h8-9,15,18H,4-7,10-13H2,1-3H3. The molecule has 1 rings (SSSR count). The highest BCUT2D eigenvalue weighted by molar-refractivity contribution is 5.18. The van der Waals surface area contributed by atoms with E-state index in [9.17, 15) is 4.39 Å². The molecule has 3 heteroatoms. The zero-order valence-electron chi connectivity index (χ0n) is 12.7. The molecule has 0 saturated carbocycles. The summed E-state index contributed by atoms with van der Waals surface area (Å²) in [7, 11) is 0. The molecule has 110 valence electrons. The molecule has 0 amide bonds. The third kappa shape index (κ3) is 6.88. The molecule has 0 aromatic carbocycles. The average Bonchev–Trinajstić information content (AvgIpc) is 2.40. The SMILES string of the molecule is CCC(=CC=C(C)F)C(C)NCCN1CCCCC1. The molecule has 0 aromatic heterocycles. The molecule has 1 atom stereocenters. The van der Waals surface area contributed by atoms with Crippen molar-refractivity contribution < 1.29 is 4.39 Å². The summed E-state index contributed by atoms with van der Waals surface area (Å²) in [6.07, 6.45) is 8.50. The lowest BCUT2D eigenvalue weighted by Gasteiger charge is -2.27. The van der Waals surface area contributed by atoms with E-state index < -0.39 is 0 Å². The van der Waals surface area contributed by atoms with Crippen molar-refractivity contribution >= 4 is 0 Å². The van der Waals surface area contributed by atoms with Gasteiger partial charge < -0.3 is 10.2 Å². The van der Waals surface area contributed by atoms with Gasteiger partial charge in [0.25, 0.3) is 0 Å². The third-order valence-corrected chi connectivity index (χ3v) is 3.82. The second kappa shape index (κ2) is 9.27. The molecular formula is C16H29FN2. The summed E-state index contributed by atoms with van der Waals surface area (Å²) in [6, 6.07) is 0.324. The van der Waals surface area contributed by atoms with Crippen LogP contribution in [0.3, 0.4) is 0 Å². The van der Waals surface area contributed by atoms with Crippen LogP contribution in [0, 0.1) is 0 Å². The van der Waals surface area contributed by atoms with Gasteiger partial charge in [-0.05, 0) is 52.3 Å². The van der Waals surface area contributed by atoms with Gasteiger partial charge in [0.05, 0.1) is 5.83 Å². The van der Waals surface area contributed by atoms with E-state index in [2.05, 4.69) is 24.1 Å². The van der Waals surface area contributed by atoms with Crippen molar-refractivity contribution in [1.82, 2.24) is 10.2 Å². The first-order valence-corrected chi connectivity index (χ1v) is 7.62. The van der Waals surface area contributed by atoms with Crippen molar-refractivity contribution in [3.63, 3.8) is 0 Å². The smallest absolute Gasteiger partial charge is 0.0968 e. The summed E-state index contributed by atoms with van der Waals surface area (Å²) >= 11 is 0. The van der Waals surface area contributed by atoms with Crippen molar-refractivity contribution in [1.29, 1.82) is 0 Å². The molecular weight excluding hydrogens is 239 g/mol. The lowest BCUT2D eigenvalue weighted by molar-refractivity contribution is 0.227. The van der Waals surface area contributed by atoms with Gasteiger partial charge in [-0.3, -0.25) is 0 Å². The molecule has 0 bridgehead atoms. The minimum atomic E-state index is -0.133. The first-order chi connectivity index (χ1) is 9.13. The summed E-state index contributed by atoms with van der Waals surface area (Å²) in [5.41, 5.74) is 1.26. The molecule has 19 heavy (non-hydrogen) atoms. The highest BCUT2D eigenvalue weighted by Crippen LogP contribution is 2.10. The van der Waals surface area contributed by atoms with Crippen LogP contribution in [-0.4, -0.2) is 37.1 Å². The molecule has 1 saturated heterocycles. The second-order valence-electron chi connectivity index (χ2n) is 5.43. The lowest BCUT2D eigenvalue weighted by atomic mass is 10.1. The van der Waals surface area contributed by atoms with E-state index in [1.807, 2.05) is 6.08 Å². The van der Waals surface area contributed by atoms with Crippen LogP contribution in [-0.2, 0) is 0 Å². The van der Waals surface area contributed by atoms with Gasteiger partial charge in [0.15, 0.2) is 0 Å². The minimum Gasteiger partial charge on any atom is -0.309 e. The molecule has 1 N–H and O–H groups in total. The number of halogens is 1. The van der Waals surface area contributed by atoms with E-state index in [4.69, 9.17) is 0 Å². The fraction of sp³-hybridized carbons (Fsp3) is 0.750. The number of nitrogens with one attached hydrogen (secondary N) is 1. The van der Waals surface area contributed by atoms with E-state index in [0.717, 1.165) is 19.5 Å². The van der Waals surface area contributed by atoms with Crippen LogP contribution < -0.4 is 5.32 Å². The molecule has 0 spiro atoms. The molecule has 1 heterocycles. The van der Waals surface area contributed by atoms with Crippen molar-refractivity contribution in [2.75, 3.05) is 26.2 Å². The Kier molecular flexibility index (Phi) is 7.99. The van der Waals surface area contributed by atoms with E-state index in [0.29, 0.717) is 6.04 Å². The van der Waals surface area contributed by atoms with Gasteiger partial charge in [0.2, 0.25) is 0 Å². The molecule has 2 nitrogen and oxygen atoms in total. The second-order valence-corrected chi connectivity index (χ2v) is 5.43. The largest absolute Gasteiger partial charge is 0.309 e. The first kappa shape index (κ1) is 16.4. The minimum absolute atomic E-state index is 0.133. The molecule has 1 unspecified atom stereocenters. The predicted molar refractivity (Wildman–Crippen MR) is 81.0 cm³/mol. The summed E-state index contributed by atoms with van der Waals surface area (Å²) in [6.45, 7) is 10.4. The highest BCUT2D eigenvalue weighted by Gasteiger charge is 2.10. The molecule has 1 aliphatic rings. The van der Waals surface area contributed by atoms with Crippen LogP contribution in [0.25, 0.3) is 0 Å². The Morgan fingerprint density at radius 2 is 1.95 bits per heavy atom. The maximum Gasteiger partial charge on any atom is 0.0968 e. The zero-order chi connectivity index (χ0) is 14.1. The van der Waals surface area contributed by atoms with Crippen molar-refractivity contribution in [3.05, 3.63) is 23.6 Å².